The zero-order chi connectivity index (χ0) is 21.2. The lowest BCUT2D eigenvalue weighted by Gasteiger charge is -2.54. The smallest absolute Gasteiger partial charge is 0.126 e. The van der Waals surface area contributed by atoms with Gasteiger partial charge in [0.25, 0.3) is 0 Å². The number of piperidine rings is 3. The Hall–Kier alpha value is -2.56. The van der Waals surface area contributed by atoms with E-state index in [4.69, 9.17) is 0 Å². The van der Waals surface area contributed by atoms with Gasteiger partial charge in [0, 0.05) is 30.6 Å². The van der Waals surface area contributed by atoms with Gasteiger partial charge in [-0.25, -0.2) is 8.78 Å². The summed E-state index contributed by atoms with van der Waals surface area (Å²) in [5.74, 6) is -0.224. The molecule has 2 unspecified atom stereocenters. The number of hydrogen-bond donors (Lipinski definition) is 1. The van der Waals surface area contributed by atoms with E-state index in [2.05, 4.69) is 70.9 Å². The average molecular weight is 419 g/mol. The summed E-state index contributed by atoms with van der Waals surface area (Å²) < 4.78 is 27.4. The van der Waals surface area contributed by atoms with Crippen molar-refractivity contribution in [3.63, 3.8) is 0 Å². The first kappa shape index (κ1) is 20.3. The van der Waals surface area contributed by atoms with E-state index in [1.54, 1.807) is 0 Å². The van der Waals surface area contributed by atoms with Crippen molar-refractivity contribution in [1.82, 2.24) is 10.2 Å². The molecule has 2 bridgehead atoms. The Labute approximate surface area is 182 Å². The van der Waals surface area contributed by atoms with Gasteiger partial charge < -0.3 is 5.32 Å². The van der Waals surface area contributed by atoms with Crippen LogP contribution in [0.15, 0.2) is 78.9 Å². The predicted octanol–water partition coefficient (Wildman–Crippen LogP) is 5.35. The maximum atomic E-state index is 13.7. The van der Waals surface area contributed by atoms with Crippen molar-refractivity contribution in [3.8, 4) is 0 Å². The third-order valence-corrected chi connectivity index (χ3v) is 6.99. The predicted molar refractivity (Wildman–Crippen MR) is 120 cm³/mol. The molecule has 0 saturated carbocycles. The quantitative estimate of drug-likeness (QED) is 0.581. The normalized spacial score (nSPS) is 25.1. The van der Waals surface area contributed by atoms with Crippen LogP contribution in [-0.4, -0.2) is 30.1 Å². The minimum atomic E-state index is -0.520. The molecular formula is C27H28F2N2. The van der Waals surface area contributed by atoms with Crippen molar-refractivity contribution < 1.29 is 8.78 Å². The lowest BCUT2D eigenvalue weighted by molar-refractivity contribution is 0.00467. The van der Waals surface area contributed by atoms with Gasteiger partial charge in [0.15, 0.2) is 0 Å². The van der Waals surface area contributed by atoms with Gasteiger partial charge in [-0.3, -0.25) is 4.90 Å². The highest BCUT2D eigenvalue weighted by atomic mass is 19.1. The molecule has 3 aliphatic rings. The number of benzene rings is 3. The highest BCUT2D eigenvalue weighted by Crippen LogP contribution is 2.42. The van der Waals surface area contributed by atoms with Crippen LogP contribution in [-0.2, 0) is 6.54 Å². The molecule has 6 rings (SSSR count). The van der Waals surface area contributed by atoms with E-state index < -0.39 is 11.6 Å². The minimum absolute atomic E-state index is 0.243. The molecule has 3 aliphatic heterocycles. The molecule has 0 spiro atoms. The summed E-state index contributed by atoms with van der Waals surface area (Å²) >= 11 is 0. The van der Waals surface area contributed by atoms with Crippen LogP contribution in [0.5, 0.6) is 0 Å². The molecule has 3 fully saturated rings. The molecule has 3 saturated heterocycles. The topological polar surface area (TPSA) is 15.3 Å². The van der Waals surface area contributed by atoms with Gasteiger partial charge in [-0.2, -0.15) is 0 Å². The van der Waals surface area contributed by atoms with E-state index >= 15 is 0 Å². The summed E-state index contributed by atoms with van der Waals surface area (Å²) in [6, 6.07) is 25.8. The van der Waals surface area contributed by atoms with E-state index in [1.165, 1.54) is 36.1 Å². The number of nitrogens with zero attached hydrogens (tertiary/aromatic N) is 1. The van der Waals surface area contributed by atoms with Crippen LogP contribution in [0.2, 0.25) is 0 Å². The first-order chi connectivity index (χ1) is 15.2. The third-order valence-electron chi connectivity index (χ3n) is 6.99. The molecule has 0 aliphatic carbocycles. The first-order valence-corrected chi connectivity index (χ1v) is 11.2. The Bertz CT molecular complexity index is 941. The maximum Gasteiger partial charge on any atom is 0.126 e. The van der Waals surface area contributed by atoms with Crippen LogP contribution in [0.4, 0.5) is 8.78 Å². The number of halogens is 2. The molecule has 2 nitrogen and oxygen atoms in total. The fraction of sp³-hybridized carbons (Fsp3) is 0.333. The fourth-order valence-corrected chi connectivity index (χ4v) is 5.64. The fourth-order valence-electron chi connectivity index (χ4n) is 5.64. The van der Waals surface area contributed by atoms with Gasteiger partial charge in [-0.05, 0) is 60.7 Å². The van der Waals surface area contributed by atoms with Gasteiger partial charge in [-0.15, -0.1) is 0 Å². The molecular weight excluding hydrogens is 390 g/mol. The number of fused-ring (bicyclic) bond motifs is 3. The monoisotopic (exact) mass is 418 g/mol. The Morgan fingerprint density at radius 3 is 1.90 bits per heavy atom. The summed E-state index contributed by atoms with van der Waals surface area (Å²) in [7, 11) is 0. The minimum Gasteiger partial charge on any atom is -0.308 e. The molecule has 0 radical (unpaired) electrons. The van der Waals surface area contributed by atoms with Crippen molar-refractivity contribution >= 4 is 0 Å². The van der Waals surface area contributed by atoms with Crippen LogP contribution >= 0.6 is 0 Å². The van der Waals surface area contributed by atoms with E-state index in [0.29, 0.717) is 24.1 Å². The summed E-state index contributed by atoms with van der Waals surface area (Å²) in [6.45, 7) is 2.69. The first-order valence-electron chi connectivity index (χ1n) is 11.2. The average Bonchev–Trinajstić information content (AvgIpc) is 2.80. The Balaban J connectivity index is 1.49. The van der Waals surface area contributed by atoms with Crippen LogP contribution in [0.25, 0.3) is 0 Å². The van der Waals surface area contributed by atoms with E-state index in [9.17, 15) is 8.78 Å². The Morgan fingerprint density at radius 2 is 1.35 bits per heavy atom. The second kappa shape index (κ2) is 8.89. The van der Waals surface area contributed by atoms with Crippen molar-refractivity contribution in [2.24, 2.45) is 5.92 Å². The SMILES string of the molecule is Fc1cc(F)cc(CNC2C3CCN(CC3)C2C(c2ccccc2)c2ccccc2)c1. The standard InChI is InChI=1S/C27H28F2N2/c28-23-15-19(16-24(29)17-23)18-30-26-22-11-13-31(14-12-22)27(26)25(20-7-3-1-4-8-20)21-9-5-2-6-10-21/h1-10,15-17,22,25-27,30H,11-14,18H2. The molecule has 2 atom stereocenters. The number of nitrogens with one attached hydrogen (secondary N) is 1. The van der Waals surface area contributed by atoms with E-state index in [-0.39, 0.29) is 12.0 Å². The van der Waals surface area contributed by atoms with Crippen LogP contribution in [0, 0.1) is 17.6 Å². The zero-order valence-corrected chi connectivity index (χ0v) is 17.6. The van der Waals surface area contributed by atoms with Crippen LogP contribution in [0.3, 0.4) is 0 Å². The Kier molecular flexibility index (Phi) is 5.84. The molecule has 1 N–H and O–H groups in total. The van der Waals surface area contributed by atoms with Gasteiger partial charge in [0.05, 0.1) is 0 Å². The molecule has 0 aromatic heterocycles. The maximum absolute atomic E-state index is 13.7. The number of hydrogen-bond acceptors (Lipinski definition) is 2. The van der Waals surface area contributed by atoms with Crippen LogP contribution < -0.4 is 5.32 Å². The lowest BCUT2D eigenvalue weighted by Crippen LogP contribution is -2.64. The largest absolute Gasteiger partial charge is 0.308 e. The molecule has 31 heavy (non-hydrogen) atoms. The van der Waals surface area contributed by atoms with Gasteiger partial charge in [-0.1, -0.05) is 60.7 Å². The van der Waals surface area contributed by atoms with Gasteiger partial charge in [0.2, 0.25) is 0 Å². The second-order valence-corrected chi connectivity index (χ2v) is 8.85. The Morgan fingerprint density at radius 1 is 0.806 bits per heavy atom. The molecule has 3 aromatic carbocycles. The highest BCUT2D eigenvalue weighted by Gasteiger charge is 2.46. The molecule has 160 valence electrons. The molecule has 4 heteroatoms. The zero-order valence-electron chi connectivity index (χ0n) is 17.6. The van der Waals surface area contributed by atoms with Crippen molar-refractivity contribution in [2.75, 3.05) is 13.1 Å². The molecule has 0 amide bonds. The number of rotatable bonds is 6. The summed E-state index contributed by atoms with van der Waals surface area (Å²) in [6.07, 6.45) is 2.34. The van der Waals surface area contributed by atoms with E-state index in [0.717, 1.165) is 19.2 Å². The molecule has 3 heterocycles. The second-order valence-electron chi connectivity index (χ2n) is 8.85. The van der Waals surface area contributed by atoms with Crippen molar-refractivity contribution in [1.29, 1.82) is 0 Å². The van der Waals surface area contributed by atoms with Crippen molar-refractivity contribution in [3.05, 3.63) is 107 Å². The van der Waals surface area contributed by atoms with Gasteiger partial charge in [0.1, 0.15) is 11.6 Å². The molecule has 3 aromatic rings. The highest BCUT2D eigenvalue weighted by molar-refractivity contribution is 5.36. The summed E-state index contributed by atoms with van der Waals surface area (Å²) in [5.41, 5.74) is 3.29. The van der Waals surface area contributed by atoms with Crippen LogP contribution in [0.1, 0.15) is 35.4 Å². The van der Waals surface area contributed by atoms with E-state index in [1.807, 2.05) is 0 Å². The lowest BCUT2D eigenvalue weighted by atomic mass is 9.70. The summed E-state index contributed by atoms with van der Waals surface area (Å²) in [4.78, 5) is 2.62. The third kappa shape index (κ3) is 4.28. The van der Waals surface area contributed by atoms with Gasteiger partial charge >= 0.3 is 0 Å². The summed E-state index contributed by atoms with van der Waals surface area (Å²) in [5, 5.41) is 3.72. The van der Waals surface area contributed by atoms with Crippen molar-refractivity contribution in [2.45, 2.75) is 37.4 Å².